The Hall–Kier alpha value is -3.04. The van der Waals surface area contributed by atoms with Gasteiger partial charge in [-0.1, -0.05) is 0 Å². The molecule has 0 aliphatic heterocycles. The summed E-state index contributed by atoms with van der Waals surface area (Å²) in [5, 5.41) is 9.68. The third kappa shape index (κ3) is 3.54. The summed E-state index contributed by atoms with van der Waals surface area (Å²) in [4.78, 5) is 11.8. The number of hydrogen-bond donors (Lipinski definition) is 1. The number of furan rings is 1. The summed E-state index contributed by atoms with van der Waals surface area (Å²) in [7, 11) is -2.33. The average molecular weight is 431 g/mol. The topological polar surface area (TPSA) is 98.7 Å². The predicted octanol–water partition coefficient (Wildman–Crippen LogP) is 4.23. The minimum Gasteiger partial charge on any atom is -0.497 e. The van der Waals surface area contributed by atoms with E-state index in [-0.39, 0.29) is 17.1 Å². The van der Waals surface area contributed by atoms with E-state index in [0.717, 1.165) is 21.8 Å². The molecule has 0 saturated carbocycles. The fourth-order valence-electron chi connectivity index (χ4n) is 3.13. The summed E-state index contributed by atoms with van der Waals surface area (Å²) in [6, 6.07) is 10.1. The molecule has 4 aromatic rings. The summed E-state index contributed by atoms with van der Waals surface area (Å²) >= 11 is 1.15. The van der Waals surface area contributed by atoms with Crippen molar-refractivity contribution < 1.29 is 27.5 Å². The molecule has 0 aliphatic rings. The van der Waals surface area contributed by atoms with Crippen LogP contribution >= 0.6 is 11.3 Å². The molecule has 29 heavy (non-hydrogen) atoms. The number of aromatic nitrogens is 1. The van der Waals surface area contributed by atoms with Crippen molar-refractivity contribution in [3.8, 4) is 16.2 Å². The third-order valence-corrected chi connectivity index (χ3v) is 7.84. The quantitative estimate of drug-likeness (QED) is 0.470. The zero-order valence-corrected chi connectivity index (χ0v) is 17.0. The van der Waals surface area contributed by atoms with Crippen LogP contribution in [-0.2, 0) is 21.2 Å². The van der Waals surface area contributed by atoms with Crippen LogP contribution in [0.1, 0.15) is 12.0 Å². The molecule has 0 aliphatic carbocycles. The highest BCUT2D eigenvalue weighted by Gasteiger charge is 2.24. The molecule has 0 amide bonds. The summed E-state index contributed by atoms with van der Waals surface area (Å²) in [5.74, 6) is -0.373. The first-order valence-corrected chi connectivity index (χ1v) is 10.9. The van der Waals surface area contributed by atoms with Gasteiger partial charge < -0.3 is 14.3 Å². The molecule has 0 fully saturated rings. The number of thiophene rings is 1. The van der Waals surface area contributed by atoms with E-state index in [1.807, 2.05) is 0 Å². The van der Waals surface area contributed by atoms with E-state index >= 15 is 0 Å². The van der Waals surface area contributed by atoms with Crippen LogP contribution in [-0.4, -0.2) is 30.6 Å². The molecule has 4 rings (SSSR count). The Labute approximate surface area is 170 Å². The minimum atomic E-state index is -3.86. The molecule has 0 saturated heterocycles. The monoisotopic (exact) mass is 431 g/mol. The van der Waals surface area contributed by atoms with Crippen molar-refractivity contribution in [3.05, 3.63) is 60.7 Å². The van der Waals surface area contributed by atoms with Crippen molar-refractivity contribution in [2.24, 2.45) is 0 Å². The van der Waals surface area contributed by atoms with Crippen molar-refractivity contribution >= 4 is 38.2 Å². The van der Waals surface area contributed by atoms with Gasteiger partial charge in [0, 0.05) is 28.4 Å². The van der Waals surface area contributed by atoms with E-state index in [9.17, 15) is 13.2 Å². The maximum atomic E-state index is 13.3. The van der Waals surface area contributed by atoms with Gasteiger partial charge in [0.15, 0.2) is 0 Å². The Morgan fingerprint density at radius 2 is 2.07 bits per heavy atom. The van der Waals surface area contributed by atoms with E-state index in [4.69, 9.17) is 14.3 Å². The van der Waals surface area contributed by atoms with E-state index in [1.165, 1.54) is 23.5 Å². The summed E-state index contributed by atoms with van der Waals surface area (Å²) < 4.78 is 38.4. The van der Waals surface area contributed by atoms with E-state index < -0.39 is 16.0 Å². The zero-order valence-electron chi connectivity index (χ0n) is 15.4. The number of nitrogens with zero attached hydrogens (tertiary/aromatic N) is 1. The second-order valence-corrected chi connectivity index (χ2v) is 9.49. The van der Waals surface area contributed by atoms with Crippen molar-refractivity contribution in [1.29, 1.82) is 0 Å². The number of carboxylic acids is 1. The number of rotatable bonds is 7. The maximum Gasteiger partial charge on any atom is 0.303 e. The second-order valence-electron chi connectivity index (χ2n) is 6.36. The Morgan fingerprint density at radius 1 is 1.24 bits per heavy atom. The smallest absolute Gasteiger partial charge is 0.303 e. The normalized spacial score (nSPS) is 11.8. The van der Waals surface area contributed by atoms with E-state index in [0.29, 0.717) is 22.2 Å². The minimum absolute atomic E-state index is 0.0972. The summed E-state index contributed by atoms with van der Waals surface area (Å²) in [6.07, 6.45) is 4.71. The Morgan fingerprint density at radius 3 is 2.76 bits per heavy atom. The molecule has 3 aromatic heterocycles. The molecular weight excluding hydrogens is 414 g/mol. The fraction of sp³-hybridized carbons (Fsp3) is 0.150. The first-order valence-electron chi connectivity index (χ1n) is 8.68. The number of carboxylic acid groups (broad SMARTS) is 1. The van der Waals surface area contributed by atoms with Crippen LogP contribution in [0.15, 0.2) is 63.7 Å². The highest BCUT2D eigenvalue weighted by molar-refractivity contribution is 7.92. The average Bonchev–Trinajstić information content (AvgIpc) is 3.45. The van der Waals surface area contributed by atoms with Gasteiger partial charge in [0.25, 0.3) is 10.0 Å². The second kappa shape index (κ2) is 7.41. The number of hydrogen-bond acceptors (Lipinski definition) is 6. The van der Waals surface area contributed by atoms with Crippen LogP contribution in [0.4, 0.5) is 0 Å². The molecule has 7 nitrogen and oxygen atoms in total. The molecule has 3 heterocycles. The maximum absolute atomic E-state index is 13.3. The number of ether oxygens (including phenoxy) is 1. The van der Waals surface area contributed by atoms with Crippen molar-refractivity contribution in [3.63, 3.8) is 0 Å². The molecule has 0 spiro atoms. The Bertz CT molecular complexity index is 1280. The van der Waals surface area contributed by atoms with Crippen molar-refractivity contribution in [1.82, 2.24) is 3.97 Å². The van der Waals surface area contributed by atoms with Gasteiger partial charge in [-0.2, -0.15) is 8.42 Å². The van der Waals surface area contributed by atoms with Crippen LogP contribution < -0.4 is 4.74 Å². The van der Waals surface area contributed by atoms with Crippen LogP contribution in [0.25, 0.3) is 21.3 Å². The van der Waals surface area contributed by atoms with Crippen LogP contribution in [0, 0.1) is 0 Å². The van der Waals surface area contributed by atoms with Gasteiger partial charge in [0.05, 0.1) is 25.2 Å². The standard InChI is InChI=1S/C20H17NO6S2/c1-26-15-3-4-17-16(10-15)13(2-6-19(22)23)11-21(17)29(24,25)20-7-5-18(28-20)14-8-9-27-12-14/h3-5,7-12H,2,6H2,1H3,(H,22,23). The Kier molecular flexibility index (Phi) is 4.93. The van der Waals surface area contributed by atoms with Gasteiger partial charge in [-0.15, -0.1) is 11.3 Å². The van der Waals surface area contributed by atoms with Gasteiger partial charge in [-0.3, -0.25) is 4.79 Å². The van der Waals surface area contributed by atoms with E-state index in [1.54, 1.807) is 42.7 Å². The molecule has 1 N–H and O–H groups in total. The predicted molar refractivity (Wildman–Crippen MR) is 109 cm³/mol. The number of aryl methyl sites for hydroxylation is 1. The molecule has 0 unspecified atom stereocenters. The fourth-order valence-corrected chi connectivity index (χ4v) is 5.90. The lowest BCUT2D eigenvalue weighted by Crippen LogP contribution is -2.10. The summed E-state index contributed by atoms with van der Waals surface area (Å²) in [6.45, 7) is 0. The molecule has 0 bridgehead atoms. The lowest BCUT2D eigenvalue weighted by Gasteiger charge is -2.06. The van der Waals surface area contributed by atoms with Gasteiger partial charge >= 0.3 is 5.97 Å². The number of carbonyl (C=O) groups is 1. The molecule has 0 atom stereocenters. The van der Waals surface area contributed by atoms with E-state index in [2.05, 4.69) is 0 Å². The lowest BCUT2D eigenvalue weighted by molar-refractivity contribution is -0.136. The van der Waals surface area contributed by atoms with Crippen LogP contribution in [0.3, 0.4) is 0 Å². The summed E-state index contributed by atoms with van der Waals surface area (Å²) in [5.41, 5.74) is 1.92. The highest BCUT2D eigenvalue weighted by atomic mass is 32.2. The molecular formula is C20H17NO6S2. The lowest BCUT2D eigenvalue weighted by atomic mass is 10.1. The van der Waals surface area contributed by atoms with Crippen molar-refractivity contribution in [2.45, 2.75) is 17.1 Å². The molecule has 1 aromatic carbocycles. The van der Waals surface area contributed by atoms with Crippen LogP contribution in [0.5, 0.6) is 5.75 Å². The largest absolute Gasteiger partial charge is 0.497 e. The number of aliphatic carboxylic acids is 1. The molecule has 0 radical (unpaired) electrons. The van der Waals surface area contributed by atoms with Gasteiger partial charge in [-0.05, 0) is 48.4 Å². The van der Waals surface area contributed by atoms with Crippen molar-refractivity contribution in [2.75, 3.05) is 7.11 Å². The van der Waals surface area contributed by atoms with Gasteiger partial charge in [-0.25, -0.2) is 3.97 Å². The number of benzene rings is 1. The SMILES string of the molecule is COc1ccc2c(c1)c(CCC(=O)O)cn2S(=O)(=O)c1ccc(-c2ccoc2)s1. The first-order chi connectivity index (χ1) is 13.9. The molecule has 150 valence electrons. The molecule has 9 heteroatoms. The van der Waals surface area contributed by atoms with Gasteiger partial charge in [0.2, 0.25) is 0 Å². The number of methoxy groups -OCH3 is 1. The highest BCUT2D eigenvalue weighted by Crippen LogP contribution is 2.35. The van der Waals surface area contributed by atoms with Gasteiger partial charge in [0.1, 0.15) is 9.96 Å². The third-order valence-electron chi connectivity index (χ3n) is 4.57. The Balaban J connectivity index is 1.82. The van der Waals surface area contributed by atoms with Crippen LogP contribution in [0.2, 0.25) is 0 Å². The first kappa shape index (κ1) is 19.3. The number of fused-ring (bicyclic) bond motifs is 1. The zero-order chi connectivity index (χ0) is 20.6.